The Hall–Kier alpha value is -1.78. The second-order valence-electron chi connectivity index (χ2n) is 4.30. The first-order valence-corrected chi connectivity index (χ1v) is 7.01. The van der Waals surface area contributed by atoms with E-state index in [2.05, 4.69) is 0 Å². The van der Waals surface area contributed by atoms with Gasteiger partial charge in [-0.05, 0) is 35.2 Å². The molecule has 2 heterocycles. The minimum Gasteiger partial charge on any atom is -0.398 e. The molecule has 1 aromatic carbocycles. The first kappa shape index (κ1) is 12.3. The average Bonchev–Trinajstić information content (AvgIpc) is 2.86. The number of nitrogens with two attached hydrogens (primary N) is 1. The summed E-state index contributed by atoms with van der Waals surface area (Å²) in [6.07, 6.45) is 1.81. The Bertz CT molecular complexity index is 807. The fraction of sp³-hybridized carbons (Fsp3) is 0.0714. The minimum atomic E-state index is 0.0206. The molecule has 0 bridgehead atoms. The minimum absolute atomic E-state index is 0.0206. The lowest BCUT2D eigenvalue weighted by molar-refractivity contribution is 0.769. The quantitative estimate of drug-likeness (QED) is 0.736. The van der Waals surface area contributed by atoms with E-state index in [0.717, 1.165) is 15.6 Å². The lowest BCUT2D eigenvalue weighted by Gasteiger charge is -2.07. The van der Waals surface area contributed by atoms with Gasteiger partial charge in [0.05, 0.1) is 22.6 Å². The van der Waals surface area contributed by atoms with Crippen LogP contribution in [-0.4, -0.2) is 4.57 Å². The van der Waals surface area contributed by atoms with E-state index < -0.39 is 0 Å². The molecule has 3 aromatic rings. The molecule has 96 valence electrons. The molecule has 0 unspecified atom stereocenters. The zero-order valence-corrected chi connectivity index (χ0v) is 11.5. The van der Waals surface area contributed by atoms with Gasteiger partial charge in [0.25, 0.3) is 5.56 Å². The summed E-state index contributed by atoms with van der Waals surface area (Å²) in [7, 11) is 0. The van der Waals surface area contributed by atoms with Gasteiger partial charge < -0.3 is 10.3 Å². The highest BCUT2D eigenvalue weighted by Gasteiger charge is 2.05. The van der Waals surface area contributed by atoms with Crippen LogP contribution in [-0.2, 0) is 6.54 Å². The van der Waals surface area contributed by atoms with Gasteiger partial charge in [0.1, 0.15) is 0 Å². The van der Waals surface area contributed by atoms with Crippen LogP contribution in [0, 0.1) is 0 Å². The highest BCUT2D eigenvalue weighted by Crippen LogP contribution is 2.20. The second kappa shape index (κ2) is 4.72. The van der Waals surface area contributed by atoms with Crippen LogP contribution in [0.2, 0.25) is 5.02 Å². The molecule has 5 heteroatoms. The van der Waals surface area contributed by atoms with Crippen LogP contribution < -0.4 is 11.3 Å². The molecule has 0 aliphatic rings. The van der Waals surface area contributed by atoms with Crippen molar-refractivity contribution in [2.24, 2.45) is 0 Å². The molecule has 0 atom stereocenters. The first-order chi connectivity index (χ1) is 9.15. The molecule has 0 amide bonds. The van der Waals surface area contributed by atoms with Crippen LogP contribution in [0.25, 0.3) is 10.1 Å². The molecule has 3 nitrogen and oxygen atoms in total. The maximum atomic E-state index is 12.3. The van der Waals surface area contributed by atoms with Crippen molar-refractivity contribution in [3.8, 4) is 0 Å². The van der Waals surface area contributed by atoms with Crippen LogP contribution in [0.1, 0.15) is 5.56 Å². The van der Waals surface area contributed by atoms with Gasteiger partial charge in [-0.3, -0.25) is 4.79 Å². The third-order valence-electron chi connectivity index (χ3n) is 3.01. The van der Waals surface area contributed by atoms with Gasteiger partial charge in [-0.15, -0.1) is 11.3 Å². The van der Waals surface area contributed by atoms with Gasteiger partial charge >= 0.3 is 0 Å². The van der Waals surface area contributed by atoms with E-state index in [1.807, 2.05) is 29.8 Å². The largest absolute Gasteiger partial charge is 0.398 e. The summed E-state index contributed by atoms with van der Waals surface area (Å²) in [5.74, 6) is 0. The molecule has 0 aliphatic heterocycles. The number of aromatic nitrogens is 1. The van der Waals surface area contributed by atoms with Crippen molar-refractivity contribution in [2.45, 2.75) is 6.54 Å². The van der Waals surface area contributed by atoms with Gasteiger partial charge in [0, 0.05) is 10.9 Å². The second-order valence-corrected chi connectivity index (χ2v) is 5.66. The number of thiophene rings is 1. The molecule has 0 fully saturated rings. The number of fused-ring (bicyclic) bond motifs is 1. The third kappa shape index (κ3) is 2.25. The molecule has 3 rings (SSSR count). The van der Waals surface area contributed by atoms with Crippen LogP contribution in [0.3, 0.4) is 0 Å². The van der Waals surface area contributed by atoms with Gasteiger partial charge in [-0.2, -0.15) is 0 Å². The van der Waals surface area contributed by atoms with Crippen molar-refractivity contribution in [1.29, 1.82) is 0 Å². The van der Waals surface area contributed by atoms with E-state index in [1.165, 1.54) is 0 Å². The molecule has 2 aromatic heterocycles. The number of pyridine rings is 1. The standard InChI is InChI=1S/C14H11ClN2OS/c15-11-2-1-9(7-12(11)16)8-17-5-3-13-10(14(17)18)4-6-19-13/h1-7H,8,16H2. The fourth-order valence-electron chi connectivity index (χ4n) is 2.02. The summed E-state index contributed by atoms with van der Waals surface area (Å²) in [6, 6.07) is 9.24. The SMILES string of the molecule is Nc1cc(Cn2ccc3sccc3c2=O)ccc1Cl. The first-order valence-electron chi connectivity index (χ1n) is 5.76. The van der Waals surface area contributed by atoms with Crippen molar-refractivity contribution >= 4 is 38.7 Å². The Kier molecular flexibility index (Phi) is 3.05. The Balaban J connectivity index is 2.03. The number of nitrogens with zero attached hydrogens (tertiary/aromatic N) is 1. The number of rotatable bonds is 2. The monoisotopic (exact) mass is 290 g/mol. The van der Waals surface area contributed by atoms with Crippen molar-refractivity contribution in [3.05, 3.63) is 62.8 Å². The highest BCUT2D eigenvalue weighted by molar-refractivity contribution is 7.17. The third-order valence-corrected chi connectivity index (χ3v) is 4.23. The summed E-state index contributed by atoms with van der Waals surface area (Å²) < 4.78 is 2.69. The summed E-state index contributed by atoms with van der Waals surface area (Å²) in [6.45, 7) is 0.492. The van der Waals surface area contributed by atoms with Gasteiger partial charge in [0.15, 0.2) is 0 Å². The maximum absolute atomic E-state index is 12.3. The van der Waals surface area contributed by atoms with Gasteiger partial charge in [-0.1, -0.05) is 17.7 Å². The number of benzene rings is 1. The molecule has 2 N–H and O–H groups in total. The smallest absolute Gasteiger partial charge is 0.259 e. The summed E-state index contributed by atoms with van der Waals surface area (Å²) in [4.78, 5) is 12.3. The molecule has 0 spiro atoms. The molecular formula is C14H11ClN2OS. The Morgan fingerprint density at radius 2 is 2.11 bits per heavy atom. The maximum Gasteiger partial charge on any atom is 0.259 e. The predicted molar refractivity (Wildman–Crippen MR) is 81.1 cm³/mol. The van der Waals surface area contributed by atoms with E-state index in [-0.39, 0.29) is 5.56 Å². The number of halogens is 1. The van der Waals surface area contributed by atoms with Crippen LogP contribution in [0.5, 0.6) is 0 Å². The Morgan fingerprint density at radius 3 is 2.89 bits per heavy atom. The topological polar surface area (TPSA) is 48.0 Å². The van der Waals surface area contributed by atoms with Crippen LogP contribution >= 0.6 is 22.9 Å². The van der Waals surface area contributed by atoms with Crippen molar-refractivity contribution in [3.63, 3.8) is 0 Å². The number of nitrogen functional groups attached to an aromatic ring is 1. The highest BCUT2D eigenvalue weighted by atomic mass is 35.5. The van der Waals surface area contributed by atoms with E-state index in [4.69, 9.17) is 17.3 Å². The predicted octanol–water partition coefficient (Wildman–Crippen LogP) is 3.35. The average molecular weight is 291 g/mol. The van der Waals surface area contributed by atoms with E-state index >= 15 is 0 Å². The van der Waals surface area contributed by atoms with Crippen molar-refractivity contribution < 1.29 is 0 Å². The van der Waals surface area contributed by atoms with E-state index in [1.54, 1.807) is 28.0 Å². The molecule has 0 saturated carbocycles. The van der Waals surface area contributed by atoms with E-state index in [9.17, 15) is 4.79 Å². The van der Waals surface area contributed by atoms with Crippen LogP contribution in [0.15, 0.2) is 46.7 Å². The lowest BCUT2D eigenvalue weighted by Crippen LogP contribution is -2.19. The Morgan fingerprint density at radius 1 is 1.26 bits per heavy atom. The summed E-state index contributed by atoms with van der Waals surface area (Å²) in [5, 5.41) is 3.22. The summed E-state index contributed by atoms with van der Waals surface area (Å²) in [5.41, 5.74) is 7.28. The Labute approximate surface area is 118 Å². The van der Waals surface area contributed by atoms with Gasteiger partial charge in [-0.25, -0.2) is 0 Å². The lowest BCUT2D eigenvalue weighted by atomic mass is 10.2. The normalized spacial score (nSPS) is 11.0. The molecule has 0 aliphatic carbocycles. The molecule has 0 radical (unpaired) electrons. The number of anilines is 1. The zero-order chi connectivity index (χ0) is 13.4. The van der Waals surface area contributed by atoms with Crippen molar-refractivity contribution in [2.75, 3.05) is 5.73 Å². The number of hydrogen-bond donors (Lipinski definition) is 1. The summed E-state index contributed by atoms with van der Waals surface area (Å²) >= 11 is 7.46. The fourth-order valence-corrected chi connectivity index (χ4v) is 2.91. The van der Waals surface area contributed by atoms with E-state index in [0.29, 0.717) is 17.3 Å². The molecule has 0 saturated heterocycles. The molecule has 19 heavy (non-hydrogen) atoms. The zero-order valence-electron chi connectivity index (χ0n) is 9.97. The molecular weight excluding hydrogens is 280 g/mol. The van der Waals surface area contributed by atoms with Crippen molar-refractivity contribution in [1.82, 2.24) is 4.57 Å². The van der Waals surface area contributed by atoms with Gasteiger partial charge in [0.2, 0.25) is 0 Å². The van der Waals surface area contributed by atoms with Crippen LogP contribution in [0.4, 0.5) is 5.69 Å². The number of hydrogen-bond acceptors (Lipinski definition) is 3.